The van der Waals surface area contributed by atoms with Crippen molar-refractivity contribution in [2.75, 3.05) is 25.4 Å². The zero-order valence-electron chi connectivity index (χ0n) is 21.1. The number of anilines is 1. The van der Waals surface area contributed by atoms with Crippen molar-refractivity contribution in [2.45, 2.75) is 52.2 Å². The third kappa shape index (κ3) is 5.60. The number of aromatic nitrogens is 4. The van der Waals surface area contributed by atoms with Gasteiger partial charge in [0.1, 0.15) is 29.3 Å². The van der Waals surface area contributed by atoms with E-state index in [-0.39, 0.29) is 22.6 Å². The molecule has 1 fully saturated rings. The van der Waals surface area contributed by atoms with E-state index in [1.54, 1.807) is 16.8 Å². The predicted octanol–water partition coefficient (Wildman–Crippen LogP) is 4.50. The predicted molar refractivity (Wildman–Crippen MR) is 139 cm³/mol. The van der Waals surface area contributed by atoms with Gasteiger partial charge in [0.15, 0.2) is 5.65 Å². The summed E-state index contributed by atoms with van der Waals surface area (Å²) in [4.78, 5) is 18.0. The first kappa shape index (κ1) is 27.3. The zero-order valence-corrected chi connectivity index (χ0v) is 21.9. The number of halogens is 2. The van der Waals surface area contributed by atoms with Gasteiger partial charge in [0.05, 0.1) is 28.8 Å². The molecule has 1 aliphatic heterocycles. The summed E-state index contributed by atoms with van der Waals surface area (Å²) >= 11 is 6.28. The highest BCUT2D eigenvalue weighted by Crippen LogP contribution is 2.42. The molecule has 0 radical (unpaired) electrons. The Kier molecular flexibility index (Phi) is 8.52. The van der Waals surface area contributed by atoms with Crippen molar-refractivity contribution in [1.29, 1.82) is 0 Å². The van der Waals surface area contributed by atoms with Gasteiger partial charge in [-0.1, -0.05) is 18.2 Å². The molecule has 1 aromatic carbocycles. The van der Waals surface area contributed by atoms with E-state index in [2.05, 4.69) is 31.7 Å². The molecule has 1 aliphatic rings. The lowest BCUT2D eigenvalue weighted by Gasteiger charge is -2.31. The number of fused-ring (bicyclic) bond motifs is 1. The molecule has 0 spiro atoms. The first-order valence-corrected chi connectivity index (χ1v) is 12.0. The van der Waals surface area contributed by atoms with Gasteiger partial charge in [-0.05, 0) is 46.8 Å². The lowest BCUT2D eigenvalue weighted by Crippen LogP contribution is -2.40. The number of nitrogens with zero attached hydrogens (tertiary/aromatic N) is 4. The van der Waals surface area contributed by atoms with Crippen LogP contribution in [0.3, 0.4) is 0 Å². The van der Waals surface area contributed by atoms with Crippen molar-refractivity contribution in [1.82, 2.24) is 25.1 Å². The number of nitrogen functional groups attached to an aromatic ring is 1. The maximum Gasteiger partial charge on any atom is 0.293 e. The second-order valence-corrected chi connectivity index (χ2v) is 9.69. The highest BCUT2D eigenvalue weighted by atomic mass is 35.5. The lowest BCUT2D eigenvalue weighted by molar-refractivity contribution is -0.138. The maximum absolute atomic E-state index is 15.0. The fourth-order valence-corrected chi connectivity index (χ4v) is 4.05. The lowest BCUT2D eigenvalue weighted by atomic mass is 9.89. The fraction of sp³-hybridized carbons (Fsp3) is 0.440. The van der Waals surface area contributed by atoms with Gasteiger partial charge in [-0.15, -0.1) is 0 Å². The first-order chi connectivity index (χ1) is 17.0. The number of carbonyl (C=O) groups is 1. The summed E-state index contributed by atoms with van der Waals surface area (Å²) in [6, 6.07) is 1.26. The van der Waals surface area contributed by atoms with Crippen LogP contribution in [0.25, 0.3) is 17.1 Å². The molecule has 194 valence electrons. The summed E-state index contributed by atoms with van der Waals surface area (Å²) in [5.41, 5.74) is 8.11. The second-order valence-electron chi connectivity index (χ2n) is 9.29. The van der Waals surface area contributed by atoms with E-state index in [9.17, 15) is 9.18 Å². The number of ether oxygens (including phenoxy) is 2. The van der Waals surface area contributed by atoms with Crippen molar-refractivity contribution in [3.8, 4) is 5.75 Å². The topological polar surface area (TPSA) is 117 Å². The maximum atomic E-state index is 15.0. The number of benzene rings is 1. The molecule has 1 atom stereocenters. The number of rotatable bonds is 7. The Hall–Kier alpha value is -3.24. The SMILES string of the molecule is C=Cc1nn(C(C)c2cc(Cl)c(F)c(C3CNC3)c2OCC)c2ncnc(N)c12.CC(C)(C)OC=O. The van der Waals surface area contributed by atoms with Gasteiger partial charge in [-0.25, -0.2) is 19.0 Å². The molecule has 3 heterocycles. The molecule has 9 nitrogen and oxygen atoms in total. The van der Waals surface area contributed by atoms with Crippen LogP contribution in [0.2, 0.25) is 5.02 Å². The standard InChI is InChI=1S/C20H22ClFN6O.C5H10O2/c1-4-14-16-19(23)25-9-26-20(16)28(27-14)10(3)12-6-13(21)17(22)15(11-7-24-8-11)18(12)29-5-2;1-5(2,3)7-4-6/h4,6,9-11,24H,1,5,7-8H2,2-3H3,(H2,23,25,26);4H,1-3H3. The number of hydrogen-bond acceptors (Lipinski definition) is 8. The Balaban J connectivity index is 0.000000454. The number of nitrogens with two attached hydrogens (primary N) is 1. The summed E-state index contributed by atoms with van der Waals surface area (Å²) in [6.07, 6.45) is 3.00. The van der Waals surface area contributed by atoms with Crippen LogP contribution < -0.4 is 15.8 Å². The van der Waals surface area contributed by atoms with E-state index in [0.29, 0.717) is 60.0 Å². The van der Waals surface area contributed by atoms with Crippen molar-refractivity contribution < 1.29 is 18.7 Å². The Labute approximate surface area is 214 Å². The van der Waals surface area contributed by atoms with E-state index in [4.69, 9.17) is 22.1 Å². The molecule has 0 saturated carbocycles. The Bertz CT molecular complexity index is 1250. The number of nitrogens with one attached hydrogen (secondary N) is 1. The molecule has 3 N–H and O–H groups in total. The average molecular weight is 519 g/mol. The van der Waals surface area contributed by atoms with Gasteiger partial charge < -0.3 is 20.5 Å². The normalized spacial score (nSPS) is 14.4. The first-order valence-electron chi connectivity index (χ1n) is 11.6. The van der Waals surface area contributed by atoms with E-state index >= 15 is 0 Å². The number of hydrogen-bond donors (Lipinski definition) is 2. The van der Waals surface area contributed by atoms with Crippen LogP contribution in [0.15, 0.2) is 19.0 Å². The molecule has 2 aromatic heterocycles. The molecule has 0 amide bonds. The Morgan fingerprint density at radius 1 is 1.39 bits per heavy atom. The van der Waals surface area contributed by atoms with Crippen molar-refractivity contribution in [3.63, 3.8) is 0 Å². The van der Waals surface area contributed by atoms with Gasteiger partial charge in [-0.2, -0.15) is 5.10 Å². The van der Waals surface area contributed by atoms with Crippen LogP contribution in [-0.4, -0.2) is 51.5 Å². The Morgan fingerprint density at radius 2 is 2.08 bits per heavy atom. The van der Waals surface area contributed by atoms with Crippen molar-refractivity contribution in [2.24, 2.45) is 0 Å². The van der Waals surface area contributed by atoms with Crippen LogP contribution in [-0.2, 0) is 9.53 Å². The van der Waals surface area contributed by atoms with E-state index in [1.807, 2.05) is 34.6 Å². The molecule has 3 aromatic rings. The fourth-order valence-electron chi connectivity index (χ4n) is 3.83. The van der Waals surface area contributed by atoms with Gasteiger partial charge in [-0.3, -0.25) is 4.79 Å². The minimum atomic E-state index is -0.429. The van der Waals surface area contributed by atoms with Gasteiger partial charge >= 0.3 is 0 Å². The highest BCUT2D eigenvalue weighted by molar-refractivity contribution is 6.31. The molecular weight excluding hydrogens is 487 g/mol. The molecule has 11 heteroatoms. The molecule has 36 heavy (non-hydrogen) atoms. The summed E-state index contributed by atoms with van der Waals surface area (Å²) in [7, 11) is 0. The highest BCUT2D eigenvalue weighted by Gasteiger charge is 2.32. The molecule has 1 unspecified atom stereocenters. The monoisotopic (exact) mass is 518 g/mol. The van der Waals surface area contributed by atoms with Gasteiger partial charge in [0.25, 0.3) is 6.47 Å². The molecule has 1 saturated heterocycles. The van der Waals surface area contributed by atoms with Crippen LogP contribution in [0.1, 0.15) is 63.4 Å². The molecule has 0 aliphatic carbocycles. The van der Waals surface area contributed by atoms with Gasteiger partial charge in [0.2, 0.25) is 0 Å². The smallest absolute Gasteiger partial charge is 0.293 e. The third-order valence-corrected chi connectivity index (χ3v) is 5.95. The van der Waals surface area contributed by atoms with Crippen molar-refractivity contribution in [3.05, 3.63) is 46.6 Å². The minimum Gasteiger partial charge on any atom is -0.493 e. The van der Waals surface area contributed by atoms with E-state index < -0.39 is 5.82 Å². The molecular formula is C25H32ClFN6O3. The third-order valence-electron chi connectivity index (χ3n) is 5.67. The van der Waals surface area contributed by atoms with Crippen molar-refractivity contribution >= 4 is 41.0 Å². The van der Waals surface area contributed by atoms with Crippen LogP contribution in [0, 0.1) is 5.82 Å². The van der Waals surface area contributed by atoms with E-state index in [0.717, 1.165) is 5.56 Å². The second kappa shape index (κ2) is 11.2. The summed E-state index contributed by atoms with van der Waals surface area (Å²) in [6.45, 7) is 15.3. The molecule has 4 rings (SSSR count). The van der Waals surface area contributed by atoms with Crippen LogP contribution in [0.5, 0.6) is 5.75 Å². The summed E-state index contributed by atoms with van der Waals surface area (Å²) in [5.74, 6) is 0.421. The average Bonchev–Trinajstić information content (AvgIpc) is 3.16. The van der Waals surface area contributed by atoms with E-state index in [1.165, 1.54) is 6.33 Å². The van der Waals surface area contributed by atoms with Crippen LogP contribution in [0.4, 0.5) is 10.2 Å². The van der Waals surface area contributed by atoms with Crippen LogP contribution >= 0.6 is 11.6 Å². The summed E-state index contributed by atoms with van der Waals surface area (Å²) in [5, 5.41) is 8.48. The quantitative estimate of drug-likeness (QED) is 0.439. The zero-order chi connectivity index (χ0) is 26.6. The number of carbonyl (C=O) groups excluding carboxylic acids is 1. The minimum absolute atomic E-state index is 0.0114. The largest absolute Gasteiger partial charge is 0.493 e. The summed E-state index contributed by atoms with van der Waals surface area (Å²) < 4.78 is 27.2. The Morgan fingerprint density at radius 3 is 2.58 bits per heavy atom. The molecule has 0 bridgehead atoms. The van der Waals surface area contributed by atoms with Gasteiger partial charge in [0, 0.05) is 30.1 Å².